The zero-order valence-electron chi connectivity index (χ0n) is 19.0. The van der Waals surface area contributed by atoms with Crippen LogP contribution in [0.1, 0.15) is 31.6 Å². The molecule has 1 saturated heterocycles. The number of rotatable bonds is 9. The zero-order chi connectivity index (χ0) is 24.5. The molecule has 6 atom stereocenters. The fraction of sp³-hybridized carbons (Fsp3) is 0.545. The van der Waals surface area contributed by atoms with Crippen molar-refractivity contribution in [3.63, 3.8) is 0 Å². The topological polar surface area (TPSA) is 124 Å². The number of ether oxygens (including phenoxy) is 6. The van der Waals surface area contributed by atoms with E-state index in [0.29, 0.717) is 5.56 Å². The number of methoxy groups -OCH3 is 2. The Balaban J connectivity index is 2.35. The molecule has 0 saturated carbocycles. The minimum Gasteiger partial charge on any atom is -0.468 e. The second-order valence-electron chi connectivity index (χ2n) is 7.15. The van der Waals surface area contributed by atoms with Crippen molar-refractivity contribution >= 4 is 35.6 Å². The van der Waals surface area contributed by atoms with Crippen LogP contribution in [0.2, 0.25) is 0 Å². The summed E-state index contributed by atoms with van der Waals surface area (Å²) in [5, 5.41) is -0.683. The molecule has 0 aromatic heterocycles. The SMILES string of the molecule is COC(=O)C(SC[C@H]1O[C@@H](OC)[C@H](OC(C)=O)[C@@H](OC(C)=O)[C@H]1OC(C)=O)c1ccccc1. The average molecular weight is 485 g/mol. The van der Waals surface area contributed by atoms with E-state index in [9.17, 15) is 19.2 Å². The molecule has 1 heterocycles. The van der Waals surface area contributed by atoms with Crippen LogP contribution in [0.25, 0.3) is 0 Å². The fourth-order valence-corrected chi connectivity index (χ4v) is 4.64. The van der Waals surface area contributed by atoms with Gasteiger partial charge < -0.3 is 28.4 Å². The standard InChI is InChI=1S/C22H28O10S/c1-12(23)29-17-16(11-33-20(21(26)27-4)15-9-7-6-8-10-15)32-22(28-5)19(31-14(3)25)18(17)30-13(2)24/h6-10,16-20,22H,11H2,1-5H3/t16-,17+,18+,19-,20?,22-/m1/s1. The Kier molecular flexibility index (Phi) is 10.1. The molecule has 1 unspecified atom stereocenters. The van der Waals surface area contributed by atoms with E-state index >= 15 is 0 Å². The van der Waals surface area contributed by atoms with E-state index in [2.05, 4.69) is 0 Å². The van der Waals surface area contributed by atoms with Gasteiger partial charge in [0.1, 0.15) is 11.4 Å². The molecule has 1 aliphatic rings. The second kappa shape index (κ2) is 12.6. The van der Waals surface area contributed by atoms with Crippen LogP contribution in [0.3, 0.4) is 0 Å². The van der Waals surface area contributed by atoms with Gasteiger partial charge in [0.15, 0.2) is 24.6 Å². The lowest BCUT2D eigenvalue weighted by molar-refractivity contribution is -0.294. The molecular weight excluding hydrogens is 456 g/mol. The molecule has 0 aliphatic carbocycles. The van der Waals surface area contributed by atoms with E-state index in [1.807, 2.05) is 6.07 Å². The van der Waals surface area contributed by atoms with Crippen LogP contribution in [-0.4, -0.2) is 74.6 Å². The van der Waals surface area contributed by atoms with Gasteiger partial charge in [-0.05, 0) is 5.56 Å². The van der Waals surface area contributed by atoms with Crippen molar-refractivity contribution < 1.29 is 47.6 Å². The Morgan fingerprint density at radius 3 is 1.94 bits per heavy atom. The largest absolute Gasteiger partial charge is 0.468 e. The number of hydrogen-bond acceptors (Lipinski definition) is 11. The molecule has 1 aliphatic heterocycles. The monoisotopic (exact) mass is 484 g/mol. The van der Waals surface area contributed by atoms with E-state index < -0.39 is 59.8 Å². The predicted molar refractivity (Wildman–Crippen MR) is 116 cm³/mol. The summed E-state index contributed by atoms with van der Waals surface area (Å²) in [5.74, 6) is -2.32. The number of hydrogen-bond donors (Lipinski definition) is 0. The summed E-state index contributed by atoms with van der Waals surface area (Å²) >= 11 is 1.20. The highest BCUT2D eigenvalue weighted by Gasteiger charge is 2.52. The molecule has 1 aromatic rings. The Morgan fingerprint density at radius 2 is 1.42 bits per heavy atom. The van der Waals surface area contributed by atoms with Crippen LogP contribution in [-0.2, 0) is 47.6 Å². The number of carbonyl (C=O) groups is 4. The molecule has 2 rings (SSSR count). The first-order valence-electron chi connectivity index (χ1n) is 10.1. The molecule has 10 nitrogen and oxygen atoms in total. The Bertz CT molecular complexity index is 830. The van der Waals surface area contributed by atoms with Gasteiger partial charge in [0.2, 0.25) is 0 Å². The van der Waals surface area contributed by atoms with Crippen LogP contribution >= 0.6 is 11.8 Å². The van der Waals surface area contributed by atoms with E-state index in [1.165, 1.54) is 46.8 Å². The number of thioether (sulfide) groups is 1. The molecular formula is C22H28O10S. The lowest BCUT2D eigenvalue weighted by atomic mass is 9.98. The van der Waals surface area contributed by atoms with Gasteiger partial charge in [0.25, 0.3) is 0 Å². The molecule has 0 amide bonds. The van der Waals surface area contributed by atoms with Gasteiger partial charge in [-0.2, -0.15) is 0 Å². The minimum atomic E-state index is -1.19. The smallest absolute Gasteiger partial charge is 0.323 e. The van der Waals surface area contributed by atoms with Crippen LogP contribution in [0.15, 0.2) is 30.3 Å². The van der Waals surface area contributed by atoms with E-state index in [4.69, 9.17) is 28.4 Å². The van der Waals surface area contributed by atoms with Crippen molar-refractivity contribution in [2.24, 2.45) is 0 Å². The van der Waals surface area contributed by atoms with Crippen molar-refractivity contribution in [2.45, 2.75) is 56.7 Å². The van der Waals surface area contributed by atoms with Crippen LogP contribution < -0.4 is 0 Å². The molecule has 0 radical (unpaired) electrons. The van der Waals surface area contributed by atoms with Gasteiger partial charge in [-0.25, -0.2) is 0 Å². The minimum absolute atomic E-state index is 0.136. The summed E-state index contributed by atoms with van der Waals surface area (Å²) in [6.07, 6.45) is -5.45. The van der Waals surface area contributed by atoms with E-state index in [-0.39, 0.29) is 5.75 Å². The molecule has 0 N–H and O–H groups in total. The molecule has 0 bridgehead atoms. The van der Waals surface area contributed by atoms with Crippen LogP contribution in [0.4, 0.5) is 0 Å². The fourth-order valence-electron chi connectivity index (χ4n) is 3.41. The normalized spacial score (nSPS) is 25.4. The highest BCUT2D eigenvalue weighted by atomic mass is 32.2. The number of benzene rings is 1. The van der Waals surface area contributed by atoms with Crippen LogP contribution in [0, 0.1) is 0 Å². The van der Waals surface area contributed by atoms with Gasteiger partial charge in [0, 0.05) is 33.6 Å². The summed E-state index contributed by atoms with van der Waals surface area (Å²) in [6.45, 7) is 3.56. The van der Waals surface area contributed by atoms with Gasteiger partial charge in [-0.1, -0.05) is 30.3 Å². The zero-order valence-corrected chi connectivity index (χ0v) is 19.9. The molecule has 0 spiro atoms. The third-order valence-corrected chi connectivity index (χ3v) is 5.99. The lowest BCUT2D eigenvalue weighted by Crippen LogP contribution is -2.62. The third kappa shape index (κ3) is 7.44. The van der Waals surface area contributed by atoms with Crippen molar-refractivity contribution in [3.05, 3.63) is 35.9 Å². The summed E-state index contributed by atoms with van der Waals surface area (Å²) in [5.41, 5.74) is 0.715. The molecule has 1 aromatic carbocycles. The first-order valence-corrected chi connectivity index (χ1v) is 11.2. The Labute approximate surface area is 196 Å². The van der Waals surface area contributed by atoms with Crippen LogP contribution in [0.5, 0.6) is 0 Å². The maximum Gasteiger partial charge on any atom is 0.323 e. The highest BCUT2D eigenvalue weighted by molar-refractivity contribution is 8.00. The second-order valence-corrected chi connectivity index (χ2v) is 8.29. The molecule has 33 heavy (non-hydrogen) atoms. The van der Waals surface area contributed by atoms with Gasteiger partial charge >= 0.3 is 23.9 Å². The number of carbonyl (C=O) groups excluding carboxylic acids is 4. The predicted octanol–water partition coefficient (Wildman–Crippen LogP) is 1.80. The lowest BCUT2D eigenvalue weighted by Gasteiger charge is -2.44. The molecule has 1 fully saturated rings. The molecule has 182 valence electrons. The van der Waals surface area contributed by atoms with Crippen molar-refractivity contribution in [1.82, 2.24) is 0 Å². The first kappa shape index (κ1) is 26.6. The van der Waals surface area contributed by atoms with Crippen molar-refractivity contribution in [2.75, 3.05) is 20.0 Å². The van der Waals surface area contributed by atoms with Crippen molar-refractivity contribution in [3.8, 4) is 0 Å². The average Bonchev–Trinajstić information content (AvgIpc) is 2.76. The maximum atomic E-state index is 12.4. The number of esters is 4. The van der Waals surface area contributed by atoms with Gasteiger partial charge in [0.05, 0.1) is 7.11 Å². The van der Waals surface area contributed by atoms with E-state index in [0.717, 1.165) is 0 Å². The Morgan fingerprint density at radius 1 is 0.879 bits per heavy atom. The maximum absolute atomic E-state index is 12.4. The van der Waals surface area contributed by atoms with Gasteiger partial charge in [-0.3, -0.25) is 19.2 Å². The highest BCUT2D eigenvalue weighted by Crippen LogP contribution is 2.36. The summed E-state index contributed by atoms with van der Waals surface area (Å²) in [4.78, 5) is 47.7. The van der Waals surface area contributed by atoms with Gasteiger partial charge in [-0.15, -0.1) is 11.8 Å². The third-order valence-electron chi connectivity index (χ3n) is 4.67. The summed E-state index contributed by atoms with van der Waals surface area (Å²) in [6, 6.07) is 9.00. The summed E-state index contributed by atoms with van der Waals surface area (Å²) < 4.78 is 32.3. The molecule has 11 heteroatoms. The van der Waals surface area contributed by atoms with Crippen molar-refractivity contribution in [1.29, 1.82) is 0 Å². The Hall–Kier alpha value is -2.63. The van der Waals surface area contributed by atoms with E-state index in [1.54, 1.807) is 24.3 Å². The first-order chi connectivity index (χ1) is 15.7. The summed E-state index contributed by atoms with van der Waals surface area (Å²) in [7, 11) is 2.63. The quantitative estimate of drug-likeness (QED) is 0.376.